The molecule has 1 aromatic rings. The van der Waals surface area contributed by atoms with E-state index in [2.05, 4.69) is 15.6 Å². The van der Waals surface area contributed by atoms with Crippen LogP contribution in [0, 0.1) is 0 Å². The molecule has 28 heavy (non-hydrogen) atoms. The van der Waals surface area contributed by atoms with Gasteiger partial charge in [0.15, 0.2) is 15.8 Å². The summed E-state index contributed by atoms with van der Waals surface area (Å²) in [6.07, 6.45) is 0.606. The van der Waals surface area contributed by atoms with Gasteiger partial charge >= 0.3 is 0 Å². The first-order valence-electron chi connectivity index (χ1n) is 9.52. The Morgan fingerprint density at radius 3 is 2.32 bits per heavy atom. The van der Waals surface area contributed by atoms with Crippen LogP contribution in [-0.4, -0.2) is 62.4 Å². The van der Waals surface area contributed by atoms with Crippen LogP contribution in [0.1, 0.15) is 43.1 Å². The lowest BCUT2D eigenvalue weighted by Gasteiger charge is -2.18. The van der Waals surface area contributed by atoms with Crippen molar-refractivity contribution in [2.75, 3.05) is 31.1 Å². The zero-order chi connectivity index (χ0) is 19.9. The molecule has 0 aromatic heterocycles. The fourth-order valence-electron chi connectivity index (χ4n) is 3.04. The summed E-state index contributed by atoms with van der Waals surface area (Å²) in [6, 6.07) is 7.38. The number of hydrogen-bond acceptors (Lipinski definition) is 4. The number of halogens is 1. The summed E-state index contributed by atoms with van der Waals surface area (Å²) in [5.74, 6) is 1.03. The lowest BCUT2D eigenvalue weighted by molar-refractivity contribution is 0.0773. The Morgan fingerprint density at radius 1 is 1.18 bits per heavy atom. The van der Waals surface area contributed by atoms with Crippen molar-refractivity contribution in [1.29, 1.82) is 0 Å². The Balaban J connectivity index is 0.00000392. The smallest absolute Gasteiger partial charge is 0.253 e. The van der Waals surface area contributed by atoms with Crippen LogP contribution in [0.2, 0.25) is 0 Å². The third-order valence-electron chi connectivity index (χ3n) is 4.59. The topological polar surface area (TPSA) is 90.9 Å². The number of benzene rings is 1. The van der Waals surface area contributed by atoms with Gasteiger partial charge in [-0.25, -0.2) is 13.4 Å². The SMILES string of the molecule is CCNC(=NCc1ccc(C(=O)N(CC)CC)cc1)NC1CCS(=O)(=O)C1.I. The number of sulfone groups is 1. The Hall–Kier alpha value is -1.36. The van der Waals surface area contributed by atoms with E-state index in [0.717, 1.165) is 5.56 Å². The number of nitrogens with zero attached hydrogens (tertiary/aromatic N) is 2. The molecule has 1 aromatic carbocycles. The lowest BCUT2D eigenvalue weighted by atomic mass is 10.1. The number of aliphatic imine (C=N–C) groups is 1. The molecule has 0 spiro atoms. The molecule has 9 heteroatoms. The minimum absolute atomic E-state index is 0. The number of guanidine groups is 1. The van der Waals surface area contributed by atoms with Crippen molar-refractivity contribution in [2.45, 2.75) is 39.8 Å². The molecule has 1 aliphatic rings. The van der Waals surface area contributed by atoms with E-state index < -0.39 is 9.84 Å². The minimum Gasteiger partial charge on any atom is -0.357 e. The monoisotopic (exact) mass is 522 g/mol. The molecule has 0 aliphatic carbocycles. The summed E-state index contributed by atoms with van der Waals surface area (Å²) in [5.41, 5.74) is 1.66. The van der Waals surface area contributed by atoms with Gasteiger partial charge in [0, 0.05) is 31.2 Å². The molecule has 1 heterocycles. The molecule has 0 bridgehead atoms. The van der Waals surface area contributed by atoms with Crippen LogP contribution in [0.3, 0.4) is 0 Å². The predicted octanol–water partition coefficient (Wildman–Crippen LogP) is 2.03. The normalized spacial score (nSPS) is 18.2. The van der Waals surface area contributed by atoms with E-state index in [1.54, 1.807) is 4.90 Å². The molecule has 1 saturated heterocycles. The van der Waals surface area contributed by atoms with Crippen LogP contribution in [0.5, 0.6) is 0 Å². The van der Waals surface area contributed by atoms with Crippen molar-refractivity contribution in [2.24, 2.45) is 4.99 Å². The van der Waals surface area contributed by atoms with Gasteiger partial charge in [0.2, 0.25) is 0 Å². The van der Waals surface area contributed by atoms with Gasteiger partial charge in [-0.05, 0) is 44.9 Å². The second kappa shape index (κ2) is 11.6. The van der Waals surface area contributed by atoms with Crippen LogP contribution < -0.4 is 10.6 Å². The van der Waals surface area contributed by atoms with Gasteiger partial charge in [0.1, 0.15) is 0 Å². The number of amides is 1. The average Bonchev–Trinajstić information content (AvgIpc) is 2.99. The molecular weight excluding hydrogens is 491 g/mol. The maximum absolute atomic E-state index is 12.3. The van der Waals surface area contributed by atoms with Gasteiger partial charge in [-0.2, -0.15) is 0 Å². The summed E-state index contributed by atoms with van der Waals surface area (Å²) < 4.78 is 23.2. The Bertz CT molecular complexity index is 762. The molecule has 2 N–H and O–H groups in total. The molecule has 1 fully saturated rings. The standard InChI is InChI=1S/C19H30N4O3S.HI/c1-4-20-19(22-17-11-12-27(25,26)14-17)21-13-15-7-9-16(10-8-15)18(24)23(5-2)6-3;/h7-10,17H,4-6,11-14H2,1-3H3,(H2,20,21,22);1H. The van der Waals surface area contributed by atoms with E-state index >= 15 is 0 Å². The van der Waals surface area contributed by atoms with Crippen LogP contribution in [0.4, 0.5) is 0 Å². The first-order valence-corrected chi connectivity index (χ1v) is 11.3. The highest BCUT2D eigenvalue weighted by Gasteiger charge is 2.28. The van der Waals surface area contributed by atoms with E-state index in [0.29, 0.717) is 44.1 Å². The Labute approximate surface area is 185 Å². The second-order valence-electron chi connectivity index (χ2n) is 6.61. The summed E-state index contributed by atoms with van der Waals surface area (Å²) in [4.78, 5) is 18.7. The van der Waals surface area contributed by atoms with Crippen molar-refractivity contribution in [3.8, 4) is 0 Å². The number of nitrogens with one attached hydrogen (secondary N) is 2. The molecule has 1 amide bonds. The third-order valence-corrected chi connectivity index (χ3v) is 6.36. The van der Waals surface area contributed by atoms with Crippen molar-refractivity contribution in [3.05, 3.63) is 35.4 Å². The van der Waals surface area contributed by atoms with E-state index in [9.17, 15) is 13.2 Å². The highest BCUT2D eigenvalue weighted by Crippen LogP contribution is 2.12. The highest BCUT2D eigenvalue weighted by atomic mass is 127. The van der Waals surface area contributed by atoms with Crippen LogP contribution in [0.15, 0.2) is 29.3 Å². The first kappa shape index (κ1) is 24.7. The fourth-order valence-corrected chi connectivity index (χ4v) is 4.71. The van der Waals surface area contributed by atoms with Crippen molar-refractivity contribution >= 4 is 45.7 Å². The van der Waals surface area contributed by atoms with Crippen molar-refractivity contribution in [3.63, 3.8) is 0 Å². The molecule has 1 unspecified atom stereocenters. The molecule has 1 aliphatic heterocycles. The van der Waals surface area contributed by atoms with E-state index in [4.69, 9.17) is 0 Å². The number of hydrogen-bond donors (Lipinski definition) is 2. The van der Waals surface area contributed by atoms with Gasteiger partial charge in [0.25, 0.3) is 5.91 Å². The van der Waals surface area contributed by atoms with Crippen LogP contribution in [-0.2, 0) is 16.4 Å². The molecule has 0 radical (unpaired) electrons. The molecule has 1 atom stereocenters. The van der Waals surface area contributed by atoms with Crippen LogP contribution >= 0.6 is 24.0 Å². The third kappa shape index (κ3) is 7.23. The maximum Gasteiger partial charge on any atom is 0.253 e. The second-order valence-corrected chi connectivity index (χ2v) is 8.84. The summed E-state index contributed by atoms with van der Waals surface area (Å²) in [6.45, 7) is 8.43. The zero-order valence-corrected chi connectivity index (χ0v) is 19.9. The largest absolute Gasteiger partial charge is 0.357 e. The highest BCUT2D eigenvalue weighted by molar-refractivity contribution is 14.0. The minimum atomic E-state index is -2.93. The van der Waals surface area contributed by atoms with E-state index in [1.165, 1.54) is 0 Å². The molecule has 158 valence electrons. The van der Waals surface area contributed by atoms with E-state index in [-0.39, 0.29) is 47.4 Å². The summed E-state index contributed by atoms with van der Waals surface area (Å²) in [5, 5.41) is 6.35. The number of rotatable bonds is 7. The number of carbonyl (C=O) groups is 1. The van der Waals surface area contributed by atoms with Gasteiger partial charge < -0.3 is 15.5 Å². The summed E-state index contributed by atoms with van der Waals surface area (Å²) in [7, 11) is -2.93. The van der Waals surface area contributed by atoms with Gasteiger partial charge in [0.05, 0.1) is 18.1 Å². The molecule has 2 rings (SSSR count). The zero-order valence-electron chi connectivity index (χ0n) is 16.8. The van der Waals surface area contributed by atoms with Gasteiger partial charge in [-0.15, -0.1) is 24.0 Å². The molecule has 7 nitrogen and oxygen atoms in total. The van der Waals surface area contributed by atoms with E-state index in [1.807, 2.05) is 45.0 Å². The fraction of sp³-hybridized carbons (Fsp3) is 0.579. The quantitative estimate of drug-likeness (QED) is 0.325. The molecule has 0 saturated carbocycles. The Morgan fingerprint density at radius 2 is 1.82 bits per heavy atom. The summed E-state index contributed by atoms with van der Waals surface area (Å²) >= 11 is 0. The maximum atomic E-state index is 12.3. The van der Waals surface area contributed by atoms with Crippen LogP contribution in [0.25, 0.3) is 0 Å². The first-order chi connectivity index (χ1) is 12.9. The average molecular weight is 522 g/mol. The Kier molecular flexibility index (Phi) is 10.2. The predicted molar refractivity (Wildman–Crippen MR) is 124 cm³/mol. The van der Waals surface area contributed by atoms with Crippen molar-refractivity contribution in [1.82, 2.24) is 15.5 Å². The lowest BCUT2D eigenvalue weighted by Crippen LogP contribution is -2.44. The van der Waals surface area contributed by atoms with Crippen molar-refractivity contribution < 1.29 is 13.2 Å². The van der Waals surface area contributed by atoms with Gasteiger partial charge in [-0.1, -0.05) is 12.1 Å². The number of carbonyl (C=O) groups excluding carboxylic acids is 1. The molecular formula is C19H31IN4O3S. The van der Waals surface area contributed by atoms with Gasteiger partial charge in [-0.3, -0.25) is 4.79 Å².